The van der Waals surface area contributed by atoms with Gasteiger partial charge in [0.25, 0.3) is 0 Å². The number of benzene rings is 1. The molecule has 2 atom stereocenters. The summed E-state index contributed by atoms with van der Waals surface area (Å²) in [5.74, 6) is -0.631. The van der Waals surface area contributed by atoms with Gasteiger partial charge in [-0.2, -0.15) is 8.42 Å². The van der Waals surface area contributed by atoms with E-state index in [9.17, 15) is 8.42 Å². The Hall–Kier alpha value is -0.260. The maximum Gasteiger partial charge on any atom is 0.333 e. The predicted octanol–water partition coefficient (Wildman–Crippen LogP) is 2.63. The molecule has 1 aromatic carbocycles. The molecule has 1 aliphatic heterocycles. The number of nitrogens with two attached hydrogens (primary N) is 1. The first-order chi connectivity index (χ1) is 10.9. The molecule has 1 saturated carbocycles. The van der Waals surface area contributed by atoms with Gasteiger partial charge in [-0.05, 0) is 47.1 Å². The van der Waals surface area contributed by atoms with Crippen LogP contribution in [0.15, 0.2) is 24.3 Å². The highest BCUT2D eigenvalue weighted by atomic mass is 127. The molecule has 1 saturated heterocycles. The van der Waals surface area contributed by atoms with Crippen LogP contribution < -0.4 is 5.14 Å². The topological polar surface area (TPSA) is 87.9 Å². The molecule has 6 nitrogen and oxygen atoms in total. The molecule has 0 bridgehead atoms. The molecule has 0 amide bonds. The standard InChI is InChI=1S/C15H20INO5S/c16-12-7-3-2-6-11(12)14-13(10-20-23(17,18)19)21-15(22-14)8-4-1-5-9-15/h2-3,6-7,13-14H,1,4-5,8-10H2,(H2,17,18,19)/t13-,14-/m1/s1. The molecule has 0 radical (unpaired) electrons. The summed E-state index contributed by atoms with van der Waals surface area (Å²) in [7, 11) is -4.01. The van der Waals surface area contributed by atoms with E-state index in [1.54, 1.807) is 0 Å². The summed E-state index contributed by atoms with van der Waals surface area (Å²) in [5, 5.41) is 4.95. The van der Waals surface area contributed by atoms with Crippen LogP contribution in [0.3, 0.4) is 0 Å². The molecule has 1 spiro atoms. The molecule has 1 aromatic rings. The minimum absolute atomic E-state index is 0.143. The highest BCUT2D eigenvalue weighted by molar-refractivity contribution is 14.1. The third-order valence-electron chi connectivity index (χ3n) is 4.27. The predicted molar refractivity (Wildman–Crippen MR) is 92.7 cm³/mol. The van der Waals surface area contributed by atoms with Crippen molar-refractivity contribution in [1.82, 2.24) is 0 Å². The quantitative estimate of drug-likeness (QED) is 0.709. The Morgan fingerprint density at radius 3 is 2.57 bits per heavy atom. The molecule has 3 rings (SSSR count). The van der Waals surface area contributed by atoms with Crippen LogP contribution in [0.4, 0.5) is 0 Å². The first kappa shape index (κ1) is 17.6. The van der Waals surface area contributed by atoms with Crippen LogP contribution >= 0.6 is 22.6 Å². The first-order valence-electron chi connectivity index (χ1n) is 7.66. The maximum atomic E-state index is 11.1. The molecule has 8 heteroatoms. The summed E-state index contributed by atoms with van der Waals surface area (Å²) >= 11 is 2.24. The largest absolute Gasteiger partial charge is 0.341 e. The maximum absolute atomic E-state index is 11.1. The minimum atomic E-state index is -4.01. The molecule has 2 fully saturated rings. The van der Waals surface area contributed by atoms with Crippen molar-refractivity contribution in [3.8, 4) is 0 Å². The van der Waals surface area contributed by atoms with E-state index >= 15 is 0 Å². The van der Waals surface area contributed by atoms with Crippen molar-refractivity contribution in [3.63, 3.8) is 0 Å². The van der Waals surface area contributed by atoms with Crippen molar-refractivity contribution >= 4 is 32.9 Å². The lowest BCUT2D eigenvalue weighted by molar-refractivity contribution is -0.196. The van der Waals surface area contributed by atoms with Gasteiger partial charge in [-0.3, -0.25) is 4.18 Å². The minimum Gasteiger partial charge on any atom is -0.341 e. The van der Waals surface area contributed by atoms with Crippen LogP contribution in [-0.2, 0) is 24.0 Å². The van der Waals surface area contributed by atoms with Crippen molar-refractivity contribution in [2.24, 2.45) is 5.14 Å². The van der Waals surface area contributed by atoms with E-state index in [-0.39, 0.29) is 12.7 Å². The van der Waals surface area contributed by atoms with Crippen molar-refractivity contribution in [2.45, 2.75) is 50.1 Å². The lowest BCUT2D eigenvalue weighted by Crippen LogP contribution is -2.34. The molecule has 1 aliphatic carbocycles. The first-order valence-corrected chi connectivity index (χ1v) is 10.2. The van der Waals surface area contributed by atoms with Gasteiger partial charge in [-0.15, -0.1) is 0 Å². The van der Waals surface area contributed by atoms with Gasteiger partial charge in [0.05, 0.1) is 6.61 Å². The molecular weight excluding hydrogens is 433 g/mol. The molecular formula is C15H20INO5S. The van der Waals surface area contributed by atoms with Gasteiger partial charge in [-0.1, -0.05) is 24.6 Å². The number of hydrogen-bond donors (Lipinski definition) is 1. The van der Waals surface area contributed by atoms with Crippen LogP contribution in [0.1, 0.15) is 43.8 Å². The van der Waals surface area contributed by atoms with E-state index in [1.807, 2.05) is 24.3 Å². The monoisotopic (exact) mass is 453 g/mol. The van der Waals surface area contributed by atoms with Gasteiger partial charge in [0.1, 0.15) is 12.2 Å². The lowest BCUT2D eigenvalue weighted by Gasteiger charge is -2.32. The molecule has 1 heterocycles. The van der Waals surface area contributed by atoms with Crippen molar-refractivity contribution in [1.29, 1.82) is 0 Å². The second kappa shape index (κ2) is 6.93. The smallest absolute Gasteiger partial charge is 0.333 e. The number of hydrogen-bond acceptors (Lipinski definition) is 5. The SMILES string of the molecule is NS(=O)(=O)OC[C@H]1OC2(CCCCC2)O[C@@H]1c1ccccc1I. The molecule has 2 aliphatic rings. The molecule has 0 aromatic heterocycles. The van der Waals surface area contributed by atoms with Crippen LogP contribution in [0, 0.1) is 3.57 Å². The Balaban J connectivity index is 1.85. The molecule has 128 valence electrons. The number of halogens is 1. The van der Waals surface area contributed by atoms with Crippen LogP contribution in [0.2, 0.25) is 0 Å². The van der Waals surface area contributed by atoms with Crippen LogP contribution in [-0.4, -0.2) is 26.9 Å². The normalized spacial score (nSPS) is 27.4. The highest BCUT2D eigenvalue weighted by Gasteiger charge is 2.49. The lowest BCUT2D eigenvalue weighted by atomic mass is 9.94. The van der Waals surface area contributed by atoms with Gasteiger partial charge in [0, 0.05) is 16.4 Å². The summed E-state index contributed by atoms with van der Waals surface area (Å²) in [6.07, 6.45) is 4.03. The van der Waals surface area contributed by atoms with E-state index in [2.05, 4.69) is 22.6 Å². The van der Waals surface area contributed by atoms with E-state index in [0.29, 0.717) is 0 Å². The van der Waals surface area contributed by atoms with Gasteiger partial charge in [-0.25, -0.2) is 5.14 Å². The van der Waals surface area contributed by atoms with Crippen molar-refractivity contribution in [2.75, 3.05) is 6.61 Å². The van der Waals surface area contributed by atoms with E-state index < -0.39 is 22.2 Å². The number of ether oxygens (including phenoxy) is 2. The second-order valence-corrected chi connectivity index (χ2v) is 8.35. The van der Waals surface area contributed by atoms with E-state index in [1.165, 1.54) is 6.42 Å². The Labute approximate surface area is 150 Å². The van der Waals surface area contributed by atoms with Gasteiger partial charge < -0.3 is 9.47 Å². The molecule has 0 unspecified atom stereocenters. The Morgan fingerprint density at radius 1 is 1.22 bits per heavy atom. The molecule has 2 N–H and O–H groups in total. The Morgan fingerprint density at radius 2 is 1.91 bits per heavy atom. The Bertz CT molecular complexity index is 660. The van der Waals surface area contributed by atoms with Gasteiger partial charge >= 0.3 is 10.3 Å². The van der Waals surface area contributed by atoms with Crippen LogP contribution in [0.25, 0.3) is 0 Å². The highest BCUT2D eigenvalue weighted by Crippen LogP contribution is 2.46. The van der Waals surface area contributed by atoms with Crippen molar-refractivity contribution in [3.05, 3.63) is 33.4 Å². The zero-order chi connectivity index (χ0) is 16.5. The molecule has 23 heavy (non-hydrogen) atoms. The summed E-state index contributed by atoms with van der Waals surface area (Å²) in [5.41, 5.74) is 0.985. The fourth-order valence-corrected chi connectivity index (χ4v) is 4.27. The van der Waals surface area contributed by atoms with Gasteiger partial charge in [0.15, 0.2) is 5.79 Å². The summed E-state index contributed by atoms with van der Waals surface area (Å²) in [4.78, 5) is 0. The van der Waals surface area contributed by atoms with Crippen molar-refractivity contribution < 1.29 is 22.1 Å². The average molecular weight is 453 g/mol. The van der Waals surface area contributed by atoms with Crippen LogP contribution in [0.5, 0.6) is 0 Å². The average Bonchev–Trinajstić information content (AvgIpc) is 2.84. The summed E-state index contributed by atoms with van der Waals surface area (Å²) in [6, 6.07) is 7.85. The zero-order valence-corrected chi connectivity index (χ0v) is 15.6. The summed E-state index contributed by atoms with van der Waals surface area (Å²) < 4.78 is 40.5. The van der Waals surface area contributed by atoms with E-state index in [0.717, 1.165) is 34.8 Å². The van der Waals surface area contributed by atoms with E-state index in [4.69, 9.17) is 18.8 Å². The third kappa shape index (κ3) is 4.23. The zero-order valence-electron chi connectivity index (χ0n) is 12.6. The fraction of sp³-hybridized carbons (Fsp3) is 0.600. The Kier molecular flexibility index (Phi) is 5.29. The second-order valence-electron chi connectivity index (χ2n) is 5.96. The summed E-state index contributed by atoms with van der Waals surface area (Å²) in [6.45, 7) is -0.143. The number of rotatable bonds is 4. The fourth-order valence-electron chi connectivity index (χ4n) is 3.25. The van der Waals surface area contributed by atoms with Gasteiger partial charge in [0.2, 0.25) is 0 Å². The third-order valence-corrected chi connectivity index (χ3v) is 5.72.